The Morgan fingerprint density at radius 1 is 1.41 bits per heavy atom. The standard InChI is InChI=1S/C12H14N2O2S/c1-14(2)9-5-3-8(4-6-9)11-13-10(7-17-11)12(15)16/h3-6,10H,7H2,1-2H3,(H,15,16). The van der Waals surface area contributed by atoms with E-state index in [-0.39, 0.29) is 0 Å². The van der Waals surface area contributed by atoms with Crippen molar-refractivity contribution in [3.05, 3.63) is 29.8 Å². The molecule has 0 aliphatic carbocycles. The monoisotopic (exact) mass is 250 g/mol. The molecule has 0 bridgehead atoms. The second-order valence-corrected chi connectivity index (χ2v) is 5.05. The molecule has 90 valence electrons. The highest BCUT2D eigenvalue weighted by molar-refractivity contribution is 8.14. The summed E-state index contributed by atoms with van der Waals surface area (Å²) in [6, 6.07) is 7.37. The fraction of sp³-hybridized carbons (Fsp3) is 0.333. The number of benzene rings is 1. The van der Waals surface area contributed by atoms with E-state index in [1.807, 2.05) is 43.3 Å². The quantitative estimate of drug-likeness (QED) is 0.887. The van der Waals surface area contributed by atoms with Gasteiger partial charge in [0.1, 0.15) is 0 Å². The van der Waals surface area contributed by atoms with Crippen LogP contribution in [0.5, 0.6) is 0 Å². The van der Waals surface area contributed by atoms with Gasteiger partial charge in [-0.15, -0.1) is 11.8 Å². The van der Waals surface area contributed by atoms with E-state index in [1.54, 1.807) is 0 Å². The van der Waals surface area contributed by atoms with E-state index in [0.29, 0.717) is 5.75 Å². The van der Waals surface area contributed by atoms with Gasteiger partial charge in [0.15, 0.2) is 6.04 Å². The van der Waals surface area contributed by atoms with Crippen LogP contribution in [0, 0.1) is 0 Å². The van der Waals surface area contributed by atoms with E-state index in [2.05, 4.69) is 4.99 Å². The number of hydrogen-bond acceptors (Lipinski definition) is 4. The number of thioether (sulfide) groups is 1. The third-order valence-electron chi connectivity index (χ3n) is 2.57. The molecular formula is C12H14N2O2S. The average molecular weight is 250 g/mol. The first kappa shape index (κ1) is 12.0. The van der Waals surface area contributed by atoms with Crippen LogP contribution in [0.4, 0.5) is 5.69 Å². The lowest BCUT2D eigenvalue weighted by molar-refractivity contribution is -0.137. The van der Waals surface area contributed by atoms with Gasteiger partial charge in [-0.25, -0.2) is 4.79 Å². The maximum absolute atomic E-state index is 10.8. The van der Waals surface area contributed by atoms with Gasteiger partial charge in [0.2, 0.25) is 0 Å². The summed E-state index contributed by atoms with van der Waals surface area (Å²) < 4.78 is 0. The molecule has 0 amide bonds. The van der Waals surface area contributed by atoms with E-state index < -0.39 is 12.0 Å². The van der Waals surface area contributed by atoms with E-state index >= 15 is 0 Å². The fourth-order valence-electron chi connectivity index (χ4n) is 1.56. The molecule has 4 nitrogen and oxygen atoms in total. The molecule has 0 saturated carbocycles. The lowest BCUT2D eigenvalue weighted by atomic mass is 10.2. The zero-order valence-corrected chi connectivity index (χ0v) is 10.6. The highest BCUT2D eigenvalue weighted by Crippen LogP contribution is 2.24. The van der Waals surface area contributed by atoms with Crippen LogP contribution in [0.2, 0.25) is 0 Å². The molecule has 1 aromatic carbocycles. The smallest absolute Gasteiger partial charge is 0.329 e. The molecule has 2 rings (SSSR count). The Hall–Kier alpha value is -1.49. The number of anilines is 1. The minimum Gasteiger partial charge on any atom is -0.480 e. The van der Waals surface area contributed by atoms with E-state index in [4.69, 9.17) is 5.11 Å². The van der Waals surface area contributed by atoms with Crippen LogP contribution in [0.3, 0.4) is 0 Å². The Kier molecular flexibility index (Phi) is 3.38. The largest absolute Gasteiger partial charge is 0.480 e. The molecule has 1 aromatic rings. The first-order valence-corrected chi connectivity index (χ1v) is 6.27. The molecule has 17 heavy (non-hydrogen) atoms. The van der Waals surface area contributed by atoms with Crippen molar-refractivity contribution in [2.24, 2.45) is 4.99 Å². The predicted molar refractivity (Wildman–Crippen MR) is 71.2 cm³/mol. The number of nitrogens with zero attached hydrogens (tertiary/aromatic N) is 2. The van der Waals surface area contributed by atoms with Crippen molar-refractivity contribution in [2.45, 2.75) is 6.04 Å². The Morgan fingerprint density at radius 2 is 2.06 bits per heavy atom. The molecule has 0 saturated heterocycles. The van der Waals surface area contributed by atoms with Crippen molar-refractivity contribution in [1.29, 1.82) is 0 Å². The maximum Gasteiger partial charge on any atom is 0.329 e. The molecule has 0 radical (unpaired) electrons. The number of aliphatic imine (C=N–C) groups is 1. The third kappa shape index (κ3) is 2.61. The molecule has 5 heteroatoms. The van der Waals surface area contributed by atoms with Crippen LogP contribution in [0.15, 0.2) is 29.3 Å². The Morgan fingerprint density at radius 3 is 2.53 bits per heavy atom. The molecule has 1 heterocycles. The molecule has 0 aromatic heterocycles. The SMILES string of the molecule is CN(C)c1ccc(C2=NC(C(=O)O)CS2)cc1. The van der Waals surface area contributed by atoms with Gasteiger partial charge in [-0.05, 0) is 12.1 Å². The summed E-state index contributed by atoms with van der Waals surface area (Å²) in [7, 11) is 3.97. The van der Waals surface area contributed by atoms with Crippen molar-refractivity contribution >= 4 is 28.5 Å². The van der Waals surface area contributed by atoms with Crippen LogP contribution in [-0.4, -0.2) is 42.0 Å². The molecule has 1 aliphatic rings. The minimum atomic E-state index is -0.850. The number of carbonyl (C=O) groups is 1. The van der Waals surface area contributed by atoms with Crippen LogP contribution in [-0.2, 0) is 4.79 Å². The molecular weight excluding hydrogens is 236 g/mol. The Labute approximate surface area is 104 Å². The van der Waals surface area contributed by atoms with Gasteiger partial charge in [-0.1, -0.05) is 12.1 Å². The molecule has 1 atom stereocenters. The number of aliphatic carboxylic acids is 1. The summed E-state index contributed by atoms with van der Waals surface area (Å²) in [6.07, 6.45) is 0. The van der Waals surface area contributed by atoms with Gasteiger partial charge in [-0.2, -0.15) is 0 Å². The molecule has 0 spiro atoms. The fourth-order valence-corrected chi connectivity index (χ4v) is 2.60. The Bertz CT molecular complexity index is 454. The van der Waals surface area contributed by atoms with Crippen LogP contribution < -0.4 is 4.90 Å². The van der Waals surface area contributed by atoms with Crippen molar-refractivity contribution < 1.29 is 9.90 Å². The van der Waals surface area contributed by atoms with Crippen LogP contribution >= 0.6 is 11.8 Å². The van der Waals surface area contributed by atoms with Crippen molar-refractivity contribution in [1.82, 2.24) is 0 Å². The molecule has 1 aliphatic heterocycles. The van der Waals surface area contributed by atoms with Gasteiger partial charge in [0.05, 0.1) is 5.04 Å². The van der Waals surface area contributed by atoms with Crippen molar-refractivity contribution in [2.75, 3.05) is 24.7 Å². The van der Waals surface area contributed by atoms with Crippen molar-refractivity contribution in [3.63, 3.8) is 0 Å². The third-order valence-corrected chi connectivity index (χ3v) is 3.66. The van der Waals surface area contributed by atoms with E-state index in [9.17, 15) is 4.79 Å². The summed E-state index contributed by atoms with van der Waals surface area (Å²) in [5, 5.41) is 9.69. The Balaban J connectivity index is 2.19. The number of carboxylic acids is 1. The maximum atomic E-state index is 10.8. The van der Waals surface area contributed by atoms with Crippen LogP contribution in [0.1, 0.15) is 5.56 Å². The van der Waals surface area contributed by atoms with Gasteiger partial charge in [0.25, 0.3) is 0 Å². The molecule has 0 fully saturated rings. The lowest BCUT2D eigenvalue weighted by Gasteiger charge is -2.12. The predicted octanol–water partition coefficient (Wildman–Crippen LogP) is 1.70. The van der Waals surface area contributed by atoms with Gasteiger partial charge >= 0.3 is 5.97 Å². The first-order chi connectivity index (χ1) is 8.08. The molecule has 1 unspecified atom stereocenters. The number of carboxylic acid groups (broad SMARTS) is 1. The van der Waals surface area contributed by atoms with E-state index in [1.165, 1.54) is 11.8 Å². The van der Waals surface area contributed by atoms with Gasteiger partial charge in [0, 0.05) is 31.1 Å². The second-order valence-electron chi connectivity index (χ2n) is 4.04. The van der Waals surface area contributed by atoms with Gasteiger partial charge < -0.3 is 10.0 Å². The minimum absolute atomic E-state index is 0.528. The zero-order chi connectivity index (χ0) is 12.4. The number of hydrogen-bond donors (Lipinski definition) is 1. The summed E-state index contributed by atoms with van der Waals surface area (Å²) in [4.78, 5) is 17.0. The normalized spacial score (nSPS) is 18.9. The van der Waals surface area contributed by atoms with E-state index in [0.717, 1.165) is 16.3 Å². The van der Waals surface area contributed by atoms with Crippen LogP contribution in [0.25, 0.3) is 0 Å². The summed E-state index contributed by atoms with van der Waals surface area (Å²) in [6.45, 7) is 0. The highest BCUT2D eigenvalue weighted by atomic mass is 32.2. The summed E-state index contributed by atoms with van der Waals surface area (Å²) in [5.41, 5.74) is 2.11. The summed E-state index contributed by atoms with van der Waals surface area (Å²) >= 11 is 1.50. The summed E-state index contributed by atoms with van der Waals surface area (Å²) in [5.74, 6) is -0.322. The number of rotatable bonds is 3. The average Bonchev–Trinajstić information content (AvgIpc) is 2.78. The lowest BCUT2D eigenvalue weighted by Crippen LogP contribution is -2.17. The zero-order valence-electron chi connectivity index (χ0n) is 9.75. The molecule has 1 N–H and O–H groups in total. The van der Waals surface area contributed by atoms with Gasteiger partial charge in [-0.3, -0.25) is 4.99 Å². The second kappa shape index (κ2) is 4.79. The topological polar surface area (TPSA) is 52.9 Å². The van der Waals surface area contributed by atoms with Crippen molar-refractivity contribution in [3.8, 4) is 0 Å². The first-order valence-electron chi connectivity index (χ1n) is 5.29. The highest BCUT2D eigenvalue weighted by Gasteiger charge is 2.24.